The fourth-order valence-electron chi connectivity index (χ4n) is 1.65. The summed E-state index contributed by atoms with van der Waals surface area (Å²) in [6.07, 6.45) is 2.59. The van der Waals surface area contributed by atoms with Gasteiger partial charge in [-0.1, -0.05) is 23.2 Å². The topological polar surface area (TPSA) is 24.9 Å². The number of aromatic nitrogens is 1. The molecule has 5 heteroatoms. The smallest absolute Gasteiger partial charge is 0.0931 e. The molecule has 0 radical (unpaired) electrons. The molecule has 0 fully saturated rings. The van der Waals surface area contributed by atoms with Crippen molar-refractivity contribution in [3.8, 4) is 0 Å². The lowest BCUT2D eigenvalue weighted by atomic mass is 10.1. The maximum absolute atomic E-state index is 6.14. The summed E-state index contributed by atoms with van der Waals surface area (Å²) >= 11 is 13.7. The van der Waals surface area contributed by atoms with E-state index in [0.29, 0.717) is 5.02 Å². The van der Waals surface area contributed by atoms with Gasteiger partial charge in [-0.2, -0.15) is 0 Å². The molecule has 2 heterocycles. The highest BCUT2D eigenvalue weighted by Gasteiger charge is 2.15. The first-order chi connectivity index (χ1) is 8.20. The van der Waals surface area contributed by atoms with E-state index in [-0.39, 0.29) is 6.04 Å². The van der Waals surface area contributed by atoms with Gasteiger partial charge in [0.05, 0.1) is 21.1 Å². The molecular weight excluding hydrogens is 275 g/mol. The first kappa shape index (κ1) is 12.8. The molecule has 0 saturated heterocycles. The summed E-state index contributed by atoms with van der Waals surface area (Å²) in [7, 11) is 1.91. The Labute approximate surface area is 115 Å². The summed E-state index contributed by atoms with van der Waals surface area (Å²) in [6, 6.07) is 7.75. The molecule has 0 aliphatic carbocycles. The average molecular weight is 287 g/mol. The Morgan fingerprint density at radius 1 is 1.35 bits per heavy atom. The Morgan fingerprint density at radius 2 is 2.18 bits per heavy atom. The van der Waals surface area contributed by atoms with E-state index in [2.05, 4.69) is 10.3 Å². The molecule has 17 heavy (non-hydrogen) atoms. The van der Waals surface area contributed by atoms with Crippen LogP contribution in [0.3, 0.4) is 0 Å². The largest absolute Gasteiger partial charge is 0.311 e. The molecule has 1 N–H and O–H groups in total. The van der Waals surface area contributed by atoms with Crippen LogP contribution in [0.5, 0.6) is 0 Å². The van der Waals surface area contributed by atoms with Crippen LogP contribution in [0.2, 0.25) is 9.36 Å². The number of hydrogen-bond donors (Lipinski definition) is 1. The highest BCUT2D eigenvalue weighted by Crippen LogP contribution is 2.28. The number of nitrogens with one attached hydrogen (secondary N) is 1. The maximum atomic E-state index is 6.14. The van der Waals surface area contributed by atoms with Gasteiger partial charge in [0.15, 0.2) is 0 Å². The van der Waals surface area contributed by atoms with E-state index in [0.717, 1.165) is 16.5 Å². The van der Waals surface area contributed by atoms with Gasteiger partial charge in [0.2, 0.25) is 0 Å². The normalized spacial score (nSPS) is 12.6. The van der Waals surface area contributed by atoms with Gasteiger partial charge < -0.3 is 5.32 Å². The highest BCUT2D eigenvalue weighted by molar-refractivity contribution is 7.16. The minimum absolute atomic E-state index is 0.110. The summed E-state index contributed by atoms with van der Waals surface area (Å²) in [4.78, 5) is 5.55. The Morgan fingerprint density at radius 3 is 2.76 bits per heavy atom. The standard InChI is InChI=1S/C12H12Cl2N2S/c1-15-10(7-8-4-5-11(14)17-8)12-9(13)3-2-6-16-12/h2-6,10,15H,7H2,1H3. The second-order valence-electron chi connectivity index (χ2n) is 3.62. The molecule has 1 atom stereocenters. The van der Waals surface area contributed by atoms with Crippen LogP contribution in [0.1, 0.15) is 16.6 Å². The summed E-state index contributed by atoms with van der Waals surface area (Å²) in [5.74, 6) is 0. The molecule has 0 saturated carbocycles. The van der Waals surface area contributed by atoms with Gasteiger partial charge in [-0.15, -0.1) is 11.3 Å². The van der Waals surface area contributed by atoms with Crippen LogP contribution in [0.4, 0.5) is 0 Å². The van der Waals surface area contributed by atoms with E-state index in [1.807, 2.05) is 31.3 Å². The van der Waals surface area contributed by atoms with Crippen LogP contribution in [0.15, 0.2) is 30.5 Å². The molecule has 2 aromatic rings. The molecular formula is C12H12Cl2N2S. The van der Waals surface area contributed by atoms with Crippen LogP contribution in [-0.4, -0.2) is 12.0 Å². The van der Waals surface area contributed by atoms with Crippen molar-refractivity contribution in [2.75, 3.05) is 7.05 Å². The van der Waals surface area contributed by atoms with Crippen molar-refractivity contribution in [1.29, 1.82) is 0 Å². The molecule has 90 valence electrons. The number of pyridine rings is 1. The van der Waals surface area contributed by atoms with E-state index in [1.54, 1.807) is 17.5 Å². The number of thiophene rings is 1. The van der Waals surface area contributed by atoms with Crippen molar-refractivity contribution in [3.63, 3.8) is 0 Å². The minimum Gasteiger partial charge on any atom is -0.311 e. The van der Waals surface area contributed by atoms with Crippen LogP contribution < -0.4 is 5.32 Å². The minimum atomic E-state index is 0.110. The van der Waals surface area contributed by atoms with Crippen molar-refractivity contribution >= 4 is 34.5 Å². The number of nitrogens with zero attached hydrogens (tertiary/aromatic N) is 1. The molecule has 0 aliphatic heterocycles. The van der Waals surface area contributed by atoms with Gasteiger partial charge in [-0.25, -0.2) is 0 Å². The molecule has 0 aliphatic rings. The fraction of sp³-hybridized carbons (Fsp3) is 0.250. The van der Waals surface area contributed by atoms with Crippen molar-refractivity contribution in [1.82, 2.24) is 10.3 Å². The third-order valence-corrected chi connectivity index (χ3v) is 4.07. The predicted octanol–water partition coefficient (Wildman–Crippen LogP) is 3.95. The first-order valence-electron chi connectivity index (χ1n) is 5.22. The average Bonchev–Trinajstić information content (AvgIpc) is 2.73. The number of halogens is 2. The van der Waals surface area contributed by atoms with E-state index in [9.17, 15) is 0 Å². The van der Waals surface area contributed by atoms with Crippen molar-refractivity contribution in [3.05, 3.63) is 50.4 Å². The lowest BCUT2D eigenvalue weighted by Gasteiger charge is -2.15. The van der Waals surface area contributed by atoms with Crippen LogP contribution in [0.25, 0.3) is 0 Å². The van der Waals surface area contributed by atoms with Gasteiger partial charge in [0.1, 0.15) is 0 Å². The summed E-state index contributed by atoms with van der Waals surface area (Å²) in [5, 5.41) is 3.92. The molecule has 2 rings (SSSR count). The quantitative estimate of drug-likeness (QED) is 0.921. The number of likely N-dealkylation sites (N-methyl/N-ethyl adjacent to an activating group) is 1. The fourth-order valence-corrected chi connectivity index (χ4v) is 3.04. The zero-order chi connectivity index (χ0) is 12.3. The van der Waals surface area contributed by atoms with Crippen LogP contribution >= 0.6 is 34.5 Å². The molecule has 2 aromatic heterocycles. The second kappa shape index (κ2) is 5.83. The monoisotopic (exact) mass is 286 g/mol. The van der Waals surface area contributed by atoms with Crippen LogP contribution in [-0.2, 0) is 6.42 Å². The van der Waals surface area contributed by atoms with Crippen LogP contribution in [0, 0.1) is 0 Å². The Kier molecular flexibility index (Phi) is 4.40. The van der Waals surface area contributed by atoms with E-state index < -0.39 is 0 Å². The van der Waals surface area contributed by atoms with Gasteiger partial charge in [0, 0.05) is 17.5 Å². The zero-order valence-electron chi connectivity index (χ0n) is 9.28. The summed E-state index contributed by atoms with van der Waals surface area (Å²) < 4.78 is 0.807. The molecule has 2 nitrogen and oxygen atoms in total. The summed E-state index contributed by atoms with van der Waals surface area (Å²) in [5.41, 5.74) is 0.876. The van der Waals surface area contributed by atoms with E-state index in [4.69, 9.17) is 23.2 Å². The molecule has 0 amide bonds. The Bertz CT molecular complexity index is 499. The van der Waals surface area contributed by atoms with Gasteiger partial charge in [0.25, 0.3) is 0 Å². The Balaban J connectivity index is 2.20. The SMILES string of the molecule is CNC(Cc1ccc(Cl)s1)c1ncccc1Cl. The molecule has 0 bridgehead atoms. The second-order valence-corrected chi connectivity index (χ2v) is 5.83. The molecule has 0 spiro atoms. The maximum Gasteiger partial charge on any atom is 0.0931 e. The third kappa shape index (κ3) is 3.19. The van der Waals surface area contributed by atoms with Gasteiger partial charge in [-0.05, 0) is 31.3 Å². The third-order valence-electron chi connectivity index (χ3n) is 2.50. The lowest BCUT2D eigenvalue weighted by Crippen LogP contribution is -2.20. The van der Waals surface area contributed by atoms with Gasteiger partial charge in [-0.3, -0.25) is 4.98 Å². The zero-order valence-corrected chi connectivity index (χ0v) is 11.6. The van der Waals surface area contributed by atoms with Gasteiger partial charge >= 0.3 is 0 Å². The molecule has 0 aromatic carbocycles. The first-order valence-corrected chi connectivity index (χ1v) is 6.80. The predicted molar refractivity (Wildman–Crippen MR) is 74.1 cm³/mol. The highest BCUT2D eigenvalue weighted by atomic mass is 35.5. The summed E-state index contributed by atoms with van der Waals surface area (Å²) in [6.45, 7) is 0. The van der Waals surface area contributed by atoms with Crippen molar-refractivity contribution in [2.24, 2.45) is 0 Å². The molecule has 1 unspecified atom stereocenters. The van der Waals surface area contributed by atoms with E-state index >= 15 is 0 Å². The van der Waals surface area contributed by atoms with Crippen molar-refractivity contribution in [2.45, 2.75) is 12.5 Å². The number of hydrogen-bond acceptors (Lipinski definition) is 3. The van der Waals surface area contributed by atoms with E-state index in [1.165, 1.54) is 4.88 Å². The number of rotatable bonds is 4. The lowest BCUT2D eigenvalue weighted by molar-refractivity contribution is 0.580. The Hall–Kier alpha value is -0.610. The van der Waals surface area contributed by atoms with Crippen molar-refractivity contribution < 1.29 is 0 Å².